The summed E-state index contributed by atoms with van der Waals surface area (Å²) in [6.45, 7) is 4.24. The number of carbonyl (C=O) groups is 1. The minimum absolute atomic E-state index is 0.276. The molecular weight excluding hydrogens is 160 g/mol. The molecule has 0 heterocycles. The molecule has 0 aromatic rings. The third kappa shape index (κ3) is 9.32. The summed E-state index contributed by atoms with van der Waals surface area (Å²) in [6.07, 6.45) is 11.6. The lowest BCUT2D eigenvalue weighted by atomic mass is 10.1. The van der Waals surface area contributed by atoms with Crippen molar-refractivity contribution in [1.82, 2.24) is 0 Å². The molecule has 1 nitrogen and oxygen atoms in total. The molecule has 76 valence electrons. The highest BCUT2D eigenvalue weighted by atomic mass is 16.1. The van der Waals surface area contributed by atoms with E-state index in [2.05, 4.69) is 6.92 Å². The predicted molar refractivity (Wildman–Crippen MR) is 57.8 cm³/mol. The lowest BCUT2D eigenvalue weighted by molar-refractivity contribution is -0.114. The highest BCUT2D eigenvalue weighted by Gasteiger charge is 1.91. The Morgan fingerprint density at radius 2 is 1.85 bits per heavy atom. The summed E-state index contributed by atoms with van der Waals surface area (Å²) in [4.78, 5) is 11.0. The van der Waals surface area contributed by atoms with Crippen LogP contribution in [0.25, 0.3) is 0 Å². The van der Waals surface area contributed by atoms with Gasteiger partial charge in [0, 0.05) is 6.42 Å². The largest absolute Gasteiger partial charge is 0.295 e. The maximum absolute atomic E-state index is 11.0. The van der Waals surface area contributed by atoms with E-state index < -0.39 is 0 Å². The summed E-state index contributed by atoms with van der Waals surface area (Å²) < 4.78 is 0. The predicted octanol–water partition coefficient (Wildman–Crippen LogP) is 3.88. The zero-order chi connectivity index (χ0) is 9.94. The second kappa shape index (κ2) is 9.50. The number of ketones is 1. The Bertz CT molecular complexity index is 147. The van der Waals surface area contributed by atoms with Gasteiger partial charge in [0.1, 0.15) is 0 Å². The van der Waals surface area contributed by atoms with Gasteiger partial charge in [0.05, 0.1) is 0 Å². The average Bonchev–Trinajstić information content (AvgIpc) is 2.11. The molecule has 0 fully saturated rings. The van der Waals surface area contributed by atoms with Crippen LogP contribution < -0.4 is 0 Å². The summed E-state index contributed by atoms with van der Waals surface area (Å²) >= 11 is 0. The van der Waals surface area contributed by atoms with Gasteiger partial charge in [0.15, 0.2) is 5.78 Å². The van der Waals surface area contributed by atoms with E-state index in [0.717, 1.165) is 12.8 Å². The van der Waals surface area contributed by atoms with Crippen LogP contribution >= 0.6 is 0 Å². The van der Waals surface area contributed by atoms with Crippen LogP contribution in [0.3, 0.4) is 0 Å². The van der Waals surface area contributed by atoms with E-state index in [9.17, 15) is 4.79 Å². The first-order valence-corrected chi connectivity index (χ1v) is 5.50. The van der Waals surface area contributed by atoms with Gasteiger partial charge in [-0.3, -0.25) is 4.79 Å². The molecule has 0 saturated heterocycles. The van der Waals surface area contributed by atoms with Crippen molar-refractivity contribution in [3.05, 3.63) is 12.2 Å². The zero-order valence-corrected chi connectivity index (χ0v) is 9.01. The standard InChI is InChI=1S/C12H22O/c1-3-5-6-7-8-9-11-12(13)10-4-2/h9,11H,3-8,10H2,1-2H3/b11-9+. The first-order valence-electron chi connectivity index (χ1n) is 5.50. The first kappa shape index (κ1) is 12.4. The third-order valence-corrected chi connectivity index (χ3v) is 2.02. The Balaban J connectivity index is 3.25. The summed E-state index contributed by atoms with van der Waals surface area (Å²) in [7, 11) is 0. The summed E-state index contributed by atoms with van der Waals surface area (Å²) in [6, 6.07) is 0. The summed E-state index contributed by atoms with van der Waals surface area (Å²) in [5.41, 5.74) is 0. The molecule has 13 heavy (non-hydrogen) atoms. The van der Waals surface area contributed by atoms with Gasteiger partial charge in [-0.05, 0) is 25.3 Å². The van der Waals surface area contributed by atoms with Crippen molar-refractivity contribution >= 4 is 5.78 Å². The number of hydrogen-bond acceptors (Lipinski definition) is 1. The van der Waals surface area contributed by atoms with Gasteiger partial charge < -0.3 is 0 Å². The van der Waals surface area contributed by atoms with Crippen molar-refractivity contribution < 1.29 is 4.79 Å². The molecule has 0 unspecified atom stereocenters. The Hall–Kier alpha value is -0.590. The molecule has 0 N–H and O–H groups in total. The molecule has 0 bridgehead atoms. The molecule has 0 aromatic carbocycles. The Morgan fingerprint density at radius 3 is 2.46 bits per heavy atom. The van der Waals surface area contributed by atoms with E-state index in [1.807, 2.05) is 13.0 Å². The third-order valence-electron chi connectivity index (χ3n) is 2.02. The van der Waals surface area contributed by atoms with Crippen molar-refractivity contribution in [3.63, 3.8) is 0 Å². The smallest absolute Gasteiger partial charge is 0.155 e. The Morgan fingerprint density at radius 1 is 1.08 bits per heavy atom. The number of allylic oxidation sites excluding steroid dienone is 2. The monoisotopic (exact) mass is 182 g/mol. The van der Waals surface area contributed by atoms with E-state index in [1.54, 1.807) is 6.08 Å². The summed E-state index contributed by atoms with van der Waals surface area (Å²) in [5, 5.41) is 0. The first-order chi connectivity index (χ1) is 6.31. The number of unbranched alkanes of at least 4 members (excludes halogenated alkanes) is 4. The number of carbonyl (C=O) groups excluding carboxylic acids is 1. The van der Waals surface area contributed by atoms with Gasteiger partial charge in [-0.2, -0.15) is 0 Å². The van der Waals surface area contributed by atoms with Crippen LogP contribution in [0.15, 0.2) is 12.2 Å². The van der Waals surface area contributed by atoms with Crippen LogP contribution in [0.5, 0.6) is 0 Å². The molecule has 0 aromatic heterocycles. The summed E-state index contributed by atoms with van der Waals surface area (Å²) in [5.74, 6) is 0.276. The van der Waals surface area contributed by atoms with Gasteiger partial charge in [-0.15, -0.1) is 0 Å². The van der Waals surface area contributed by atoms with Crippen LogP contribution in [0, 0.1) is 0 Å². The molecule has 0 rings (SSSR count). The number of rotatable bonds is 8. The van der Waals surface area contributed by atoms with Crippen LogP contribution in [0.1, 0.15) is 58.8 Å². The second-order valence-electron chi connectivity index (χ2n) is 3.47. The molecule has 0 radical (unpaired) electrons. The highest BCUT2D eigenvalue weighted by molar-refractivity contribution is 5.89. The van der Waals surface area contributed by atoms with Crippen molar-refractivity contribution in [1.29, 1.82) is 0 Å². The maximum Gasteiger partial charge on any atom is 0.155 e. The zero-order valence-electron chi connectivity index (χ0n) is 9.01. The lowest BCUT2D eigenvalue weighted by Gasteiger charge is -1.94. The van der Waals surface area contributed by atoms with E-state index >= 15 is 0 Å². The van der Waals surface area contributed by atoms with E-state index in [0.29, 0.717) is 6.42 Å². The van der Waals surface area contributed by atoms with Gasteiger partial charge in [0.2, 0.25) is 0 Å². The number of hydrogen-bond donors (Lipinski definition) is 0. The van der Waals surface area contributed by atoms with E-state index in [1.165, 1.54) is 25.7 Å². The minimum Gasteiger partial charge on any atom is -0.295 e. The van der Waals surface area contributed by atoms with Gasteiger partial charge >= 0.3 is 0 Å². The Kier molecular flexibility index (Phi) is 9.07. The molecule has 0 spiro atoms. The van der Waals surface area contributed by atoms with Gasteiger partial charge in [-0.1, -0.05) is 39.2 Å². The average molecular weight is 182 g/mol. The van der Waals surface area contributed by atoms with Crippen LogP contribution in [0.2, 0.25) is 0 Å². The fourth-order valence-electron chi connectivity index (χ4n) is 1.23. The normalized spacial score (nSPS) is 10.9. The van der Waals surface area contributed by atoms with Gasteiger partial charge in [-0.25, -0.2) is 0 Å². The van der Waals surface area contributed by atoms with Crippen molar-refractivity contribution in [2.24, 2.45) is 0 Å². The van der Waals surface area contributed by atoms with Crippen LogP contribution in [0.4, 0.5) is 0 Å². The second-order valence-corrected chi connectivity index (χ2v) is 3.47. The molecular formula is C12H22O. The van der Waals surface area contributed by atoms with Crippen molar-refractivity contribution in [2.45, 2.75) is 58.8 Å². The fourth-order valence-corrected chi connectivity index (χ4v) is 1.23. The lowest BCUT2D eigenvalue weighted by Crippen LogP contribution is -1.89. The van der Waals surface area contributed by atoms with E-state index in [4.69, 9.17) is 0 Å². The molecule has 0 aliphatic rings. The molecule has 0 aliphatic heterocycles. The van der Waals surface area contributed by atoms with Crippen molar-refractivity contribution in [3.8, 4) is 0 Å². The minimum atomic E-state index is 0.276. The maximum atomic E-state index is 11.0. The van der Waals surface area contributed by atoms with Crippen LogP contribution in [-0.2, 0) is 4.79 Å². The Labute approximate surface area is 82.2 Å². The molecule has 1 heteroatoms. The van der Waals surface area contributed by atoms with E-state index in [-0.39, 0.29) is 5.78 Å². The SMILES string of the molecule is CCCCCC/C=C/C(=O)CCC. The molecule has 0 aliphatic carbocycles. The van der Waals surface area contributed by atoms with Gasteiger partial charge in [0.25, 0.3) is 0 Å². The molecule has 0 atom stereocenters. The van der Waals surface area contributed by atoms with Crippen molar-refractivity contribution in [2.75, 3.05) is 0 Å². The molecule has 0 saturated carbocycles. The van der Waals surface area contributed by atoms with Crippen LogP contribution in [-0.4, -0.2) is 5.78 Å². The highest BCUT2D eigenvalue weighted by Crippen LogP contribution is 2.03. The topological polar surface area (TPSA) is 17.1 Å². The molecule has 0 amide bonds. The fraction of sp³-hybridized carbons (Fsp3) is 0.750. The quantitative estimate of drug-likeness (QED) is 0.411.